The van der Waals surface area contributed by atoms with Crippen molar-refractivity contribution in [2.75, 3.05) is 18.4 Å². The van der Waals surface area contributed by atoms with Crippen molar-refractivity contribution in [3.05, 3.63) is 34.4 Å². The number of carbonyl (C=O) groups excluding carboxylic acids is 2. The zero-order chi connectivity index (χ0) is 20.9. The van der Waals surface area contributed by atoms with Crippen LogP contribution in [0, 0.1) is 10.1 Å². The third-order valence-electron chi connectivity index (χ3n) is 4.50. The Hall–Kier alpha value is -2.68. The Morgan fingerprint density at radius 3 is 2.50 bits per heavy atom. The number of benzene rings is 1. The molecule has 0 bridgehead atoms. The average Bonchev–Trinajstić information content (AvgIpc) is 2.60. The summed E-state index contributed by atoms with van der Waals surface area (Å²) in [5.74, 6) is -0.223. The van der Waals surface area contributed by atoms with Crippen LogP contribution >= 0.6 is 0 Å². The van der Waals surface area contributed by atoms with Gasteiger partial charge in [0.05, 0.1) is 11.0 Å². The van der Waals surface area contributed by atoms with E-state index in [9.17, 15) is 19.7 Å². The number of nitro benzene ring substituents is 1. The van der Waals surface area contributed by atoms with Gasteiger partial charge in [0.1, 0.15) is 5.60 Å². The van der Waals surface area contributed by atoms with Crippen molar-refractivity contribution in [1.29, 1.82) is 0 Å². The van der Waals surface area contributed by atoms with Gasteiger partial charge in [-0.15, -0.1) is 0 Å². The molecule has 0 unspecified atom stereocenters. The van der Waals surface area contributed by atoms with Gasteiger partial charge in [-0.3, -0.25) is 19.8 Å². The van der Waals surface area contributed by atoms with E-state index in [1.807, 2.05) is 25.7 Å². The highest BCUT2D eigenvalue weighted by Crippen LogP contribution is 2.19. The summed E-state index contributed by atoms with van der Waals surface area (Å²) in [6.45, 7) is 8.56. The lowest BCUT2D eigenvalue weighted by molar-refractivity contribution is -0.384. The van der Waals surface area contributed by atoms with E-state index in [-0.39, 0.29) is 23.7 Å². The molecule has 1 heterocycles. The normalized spacial score (nSPS) is 16.9. The predicted octanol–water partition coefficient (Wildman–Crippen LogP) is 2.91. The number of hydrogen-bond donors (Lipinski definition) is 2. The van der Waals surface area contributed by atoms with Crippen LogP contribution in [0.25, 0.3) is 0 Å². The maximum atomic E-state index is 12.5. The van der Waals surface area contributed by atoms with E-state index in [0.717, 1.165) is 0 Å². The summed E-state index contributed by atoms with van der Waals surface area (Å²) >= 11 is 0. The van der Waals surface area contributed by atoms with Crippen molar-refractivity contribution in [1.82, 2.24) is 10.2 Å². The molecule has 0 aromatic heterocycles. The number of non-ortho nitro benzene ring substituents is 1. The Labute approximate surface area is 164 Å². The summed E-state index contributed by atoms with van der Waals surface area (Å²) in [5, 5.41) is 16.4. The van der Waals surface area contributed by atoms with Crippen LogP contribution in [-0.2, 0) is 9.53 Å². The summed E-state index contributed by atoms with van der Waals surface area (Å²) in [6, 6.07) is 5.49. The molecule has 1 atom stereocenters. The quantitative estimate of drug-likeness (QED) is 0.588. The third kappa shape index (κ3) is 6.49. The fourth-order valence-electron chi connectivity index (χ4n) is 3.02. The van der Waals surface area contributed by atoms with Crippen LogP contribution in [0.2, 0.25) is 0 Å². The Bertz CT molecular complexity index is 723. The number of ether oxygens (including phenoxy) is 1. The van der Waals surface area contributed by atoms with Crippen molar-refractivity contribution in [3.8, 4) is 0 Å². The van der Waals surface area contributed by atoms with Crippen LogP contribution in [0.1, 0.15) is 40.5 Å². The number of anilines is 1. The number of rotatable bonds is 5. The Morgan fingerprint density at radius 2 is 1.93 bits per heavy atom. The molecule has 1 fully saturated rings. The maximum absolute atomic E-state index is 12.5. The Balaban J connectivity index is 1.83. The van der Waals surface area contributed by atoms with E-state index in [2.05, 4.69) is 10.6 Å². The van der Waals surface area contributed by atoms with Gasteiger partial charge in [0.15, 0.2) is 0 Å². The van der Waals surface area contributed by atoms with Gasteiger partial charge in [0.25, 0.3) is 5.69 Å². The minimum Gasteiger partial charge on any atom is -0.444 e. The lowest BCUT2D eigenvalue weighted by Crippen LogP contribution is -2.51. The summed E-state index contributed by atoms with van der Waals surface area (Å²) in [5.41, 5.74) is -0.212. The number of hydrogen-bond acceptors (Lipinski definition) is 6. The molecular formula is C19H28N4O5. The number of nitro groups is 1. The summed E-state index contributed by atoms with van der Waals surface area (Å²) < 4.78 is 5.27. The van der Waals surface area contributed by atoms with Crippen LogP contribution in [0.15, 0.2) is 24.3 Å². The smallest absolute Gasteiger partial charge is 0.407 e. The van der Waals surface area contributed by atoms with Gasteiger partial charge >= 0.3 is 6.09 Å². The minimum absolute atomic E-state index is 0.0122. The van der Waals surface area contributed by atoms with Crippen LogP contribution in [0.4, 0.5) is 16.2 Å². The number of carbonyl (C=O) groups is 2. The van der Waals surface area contributed by atoms with Crippen molar-refractivity contribution in [2.24, 2.45) is 0 Å². The number of nitrogens with one attached hydrogen (secondary N) is 2. The molecule has 1 aromatic rings. The van der Waals surface area contributed by atoms with Crippen molar-refractivity contribution >= 4 is 23.4 Å². The van der Waals surface area contributed by atoms with E-state index < -0.39 is 16.6 Å². The zero-order valence-electron chi connectivity index (χ0n) is 16.7. The van der Waals surface area contributed by atoms with E-state index in [1.54, 1.807) is 13.0 Å². The molecule has 154 valence electrons. The first kappa shape index (κ1) is 21.6. The molecule has 2 rings (SSSR count). The Morgan fingerprint density at radius 1 is 1.29 bits per heavy atom. The highest BCUT2D eigenvalue weighted by molar-refractivity contribution is 5.94. The van der Waals surface area contributed by atoms with Crippen molar-refractivity contribution in [2.45, 2.75) is 58.2 Å². The monoisotopic (exact) mass is 392 g/mol. The largest absolute Gasteiger partial charge is 0.444 e. The maximum Gasteiger partial charge on any atom is 0.407 e. The molecule has 0 saturated carbocycles. The van der Waals surface area contributed by atoms with Gasteiger partial charge in [-0.1, -0.05) is 6.07 Å². The zero-order valence-corrected chi connectivity index (χ0v) is 16.7. The van der Waals surface area contributed by atoms with Crippen LogP contribution < -0.4 is 10.6 Å². The van der Waals surface area contributed by atoms with Crippen LogP contribution in [-0.4, -0.2) is 52.6 Å². The molecule has 1 aliphatic heterocycles. The lowest BCUT2D eigenvalue weighted by atomic mass is 10.0. The molecule has 0 radical (unpaired) electrons. The van der Waals surface area contributed by atoms with Gasteiger partial charge in [-0.2, -0.15) is 0 Å². The summed E-state index contributed by atoms with van der Waals surface area (Å²) in [4.78, 5) is 36.7. The predicted molar refractivity (Wildman–Crippen MR) is 105 cm³/mol. The molecule has 0 aliphatic carbocycles. The lowest BCUT2D eigenvalue weighted by Gasteiger charge is -2.35. The average molecular weight is 392 g/mol. The summed E-state index contributed by atoms with van der Waals surface area (Å²) in [7, 11) is 0. The van der Waals surface area contributed by atoms with Gasteiger partial charge in [0.2, 0.25) is 5.91 Å². The topological polar surface area (TPSA) is 114 Å². The molecule has 1 saturated heterocycles. The second-order valence-electron chi connectivity index (χ2n) is 7.93. The fraction of sp³-hybridized carbons (Fsp3) is 0.579. The standard InChI is InChI=1S/C19H28N4O5/c1-13(17(24)20-15-6-5-7-16(12-15)23(26)27)22-10-8-14(9-11-22)21-18(25)28-19(2,3)4/h5-7,12-14H,8-11H2,1-4H3,(H,20,24)(H,21,25)/t13-/m1/s1. The molecule has 2 amide bonds. The molecular weight excluding hydrogens is 364 g/mol. The number of piperidine rings is 1. The second kappa shape index (κ2) is 9.01. The molecule has 2 N–H and O–H groups in total. The number of amides is 2. The third-order valence-corrected chi connectivity index (χ3v) is 4.50. The van der Waals surface area contributed by atoms with Gasteiger partial charge in [-0.05, 0) is 46.6 Å². The molecule has 0 spiro atoms. The molecule has 9 nitrogen and oxygen atoms in total. The first-order valence-corrected chi connectivity index (χ1v) is 9.34. The highest BCUT2D eigenvalue weighted by atomic mass is 16.6. The minimum atomic E-state index is -0.538. The second-order valence-corrected chi connectivity index (χ2v) is 7.93. The first-order chi connectivity index (χ1) is 13.0. The molecule has 1 aliphatic rings. The fourth-order valence-corrected chi connectivity index (χ4v) is 3.02. The van der Waals surface area contributed by atoms with Crippen LogP contribution in [0.5, 0.6) is 0 Å². The molecule has 9 heteroatoms. The van der Waals surface area contributed by atoms with E-state index in [0.29, 0.717) is 31.6 Å². The van der Waals surface area contributed by atoms with E-state index in [4.69, 9.17) is 4.74 Å². The van der Waals surface area contributed by atoms with Gasteiger partial charge in [0, 0.05) is 37.0 Å². The van der Waals surface area contributed by atoms with Crippen molar-refractivity contribution < 1.29 is 19.2 Å². The molecule has 28 heavy (non-hydrogen) atoms. The highest BCUT2D eigenvalue weighted by Gasteiger charge is 2.28. The Kier molecular flexibility index (Phi) is 6.95. The number of nitrogens with zero attached hydrogens (tertiary/aromatic N) is 2. The number of alkyl carbamates (subject to hydrolysis) is 1. The van der Waals surface area contributed by atoms with Crippen LogP contribution in [0.3, 0.4) is 0 Å². The number of likely N-dealkylation sites (tertiary alicyclic amines) is 1. The first-order valence-electron chi connectivity index (χ1n) is 9.34. The van der Waals surface area contributed by atoms with E-state index in [1.165, 1.54) is 18.2 Å². The van der Waals surface area contributed by atoms with E-state index >= 15 is 0 Å². The SMILES string of the molecule is C[C@H](C(=O)Nc1cccc([N+](=O)[O-])c1)N1CCC(NC(=O)OC(C)(C)C)CC1. The molecule has 1 aromatic carbocycles. The van der Waals surface area contributed by atoms with Gasteiger partial charge < -0.3 is 15.4 Å². The van der Waals surface area contributed by atoms with Crippen molar-refractivity contribution in [3.63, 3.8) is 0 Å². The van der Waals surface area contributed by atoms with Gasteiger partial charge in [-0.25, -0.2) is 4.79 Å². The summed E-state index contributed by atoms with van der Waals surface area (Å²) in [6.07, 6.45) is 1.00.